The molecule has 0 aliphatic carbocycles. The first-order valence-electron chi connectivity index (χ1n) is 7.34. The van der Waals surface area contributed by atoms with Crippen LogP contribution in [-0.4, -0.2) is 44.8 Å². The number of fused-ring (bicyclic) bond motifs is 1. The second-order valence-corrected chi connectivity index (χ2v) is 5.38. The molecule has 1 saturated heterocycles. The summed E-state index contributed by atoms with van der Waals surface area (Å²) in [6, 6.07) is -0.230. The number of amides is 1. The van der Waals surface area contributed by atoms with E-state index in [9.17, 15) is 4.79 Å². The lowest BCUT2D eigenvalue weighted by molar-refractivity contribution is -0.122. The maximum atomic E-state index is 11.9. The summed E-state index contributed by atoms with van der Waals surface area (Å²) in [4.78, 5) is 23.2. The molecule has 2 aromatic heterocycles. The van der Waals surface area contributed by atoms with Crippen molar-refractivity contribution in [3.63, 3.8) is 0 Å². The molecule has 1 aliphatic rings. The first-order chi connectivity index (χ1) is 10.1. The number of anilines is 1. The van der Waals surface area contributed by atoms with Crippen molar-refractivity contribution in [3.8, 4) is 0 Å². The molecule has 2 aromatic rings. The highest BCUT2D eigenvalue weighted by atomic mass is 16.2. The third kappa shape index (κ3) is 2.32. The van der Waals surface area contributed by atoms with Crippen LogP contribution in [0.3, 0.4) is 0 Å². The Labute approximate surface area is 123 Å². The quantitative estimate of drug-likeness (QED) is 0.897. The van der Waals surface area contributed by atoms with Crippen LogP contribution in [0.5, 0.6) is 0 Å². The highest BCUT2D eigenvalue weighted by Gasteiger charge is 2.28. The summed E-state index contributed by atoms with van der Waals surface area (Å²) < 4.78 is 1.76. The number of rotatable bonds is 3. The molecule has 0 unspecified atom stereocenters. The molecule has 7 nitrogen and oxygen atoms in total. The van der Waals surface area contributed by atoms with E-state index < -0.39 is 0 Å². The third-order valence-corrected chi connectivity index (χ3v) is 3.86. The number of aromatic nitrogens is 4. The van der Waals surface area contributed by atoms with E-state index in [-0.39, 0.29) is 11.9 Å². The Balaban J connectivity index is 2.13. The SMILES string of the molecule is CCCc1nc(N2CCNC(=O)[C@H]2C)c2cnn(C)c2n1. The lowest BCUT2D eigenvalue weighted by Gasteiger charge is -2.34. The highest BCUT2D eigenvalue weighted by molar-refractivity contribution is 5.92. The maximum Gasteiger partial charge on any atom is 0.242 e. The van der Waals surface area contributed by atoms with Gasteiger partial charge in [0, 0.05) is 26.6 Å². The number of nitrogens with one attached hydrogen (secondary N) is 1. The number of piperazine rings is 1. The van der Waals surface area contributed by atoms with Crippen LogP contribution in [0.2, 0.25) is 0 Å². The molecule has 0 saturated carbocycles. The van der Waals surface area contributed by atoms with E-state index in [2.05, 4.69) is 22.3 Å². The van der Waals surface area contributed by atoms with Crippen molar-refractivity contribution in [1.29, 1.82) is 0 Å². The van der Waals surface area contributed by atoms with Crippen molar-refractivity contribution < 1.29 is 4.79 Å². The van der Waals surface area contributed by atoms with Crippen LogP contribution in [0, 0.1) is 0 Å². The van der Waals surface area contributed by atoms with Gasteiger partial charge in [-0.3, -0.25) is 9.48 Å². The molecule has 1 atom stereocenters. The lowest BCUT2D eigenvalue weighted by Crippen LogP contribution is -2.54. The van der Waals surface area contributed by atoms with Gasteiger partial charge in [0.25, 0.3) is 0 Å². The number of carbonyl (C=O) groups excluding carboxylic acids is 1. The van der Waals surface area contributed by atoms with Gasteiger partial charge in [-0.1, -0.05) is 6.92 Å². The molecule has 3 heterocycles. The third-order valence-electron chi connectivity index (χ3n) is 3.86. The van der Waals surface area contributed by atoms with Gasteiger partial charge in [0.2, 0.25) is 5.91 Å². The predicted octanol–water partition coefficient (Wildman–Crippen LogP) is 0.640. The second-order valence-electron chi connectivity index (χ2n) is 5.38. The van der Waals surface area contributed by atoms with E-state index in [4.69, 9.17) is 4.98 Å². The standard InChI is InChI=1S/C14H20N6O/c1-4-5-11-17-12-10(8-16-19(12)3)13(18-11)20-7-6-15-14(21)9(20)2/h8-9H,4-7H2,1-3H3,(H,15,21)/t9-/m1/s1. The summed E-state index contributed by atoms with van der Waals surface area (Å²) in [7, 11) is 1.88. The van der Waals surface area contributed by atoms with E-state index >= 15 is 0 Å². The Morgan fingerprint density at radius 3 is 3.00 bits per heavy atom. The molecule has 3 rings (SSSR count). The first-order valence-corrected chi connectivity index (χ1v) is 7.34. The van der Waals surface area contributed by atoms with Crippen LogP contribution in [0.1, 0.15) is 26.1 Å². The molecule has 0 aromatic carbocycles. The molecule has 0 bridgehead atoms. The average molecular weight is 288 g/mol. The normalized spacial score (nSPS) is 19.1. The van der Waals surface area contributed by atoms with Crippen molar-refractivity contribution in [3.05, 3.63) is 12.0 Å². The Kier molecular flexibility index (Phi) is 3.48. The number of hydrogen-bond donors (Lipinski definition) is 1. The molecule has 1 amide bonds. The van der Waals surface area contributed by atoms with Gasteiger partial charge < -0.3 is 10.2 Å². The van der Waals surface area contributed by atoms with E-state index in [0.717, 1.165) is 42.1 Å². The second kappa shape index (κ2) is 5.31. The van der Waals surface area contributed by atoms with Crippen LogP contribution >= 0.6 is 0 Å². The minimum atomic E-state index is -0.230. The van der Waals surface area contributed by atoms with E-state index in [0.29, 0.717) is 6.54 Å². The lowest BCUT2D eigenvalue weighted by atomic mass is 10.2. The zero-order valence-corrected chi connectivity index (χ0v) is 12.6. The number of aryl methyl sites for hydroxylation is 2. The largest absolute Gasteiger partial charge is 0.353 e. The number of hydrogen-bond acceptors (Lipinski definition) is 5. The van der Waals surface area contributed by atoms with Crippen LogP contribution in [-0.2, 0) is 18.3 Å². The Bertz CT molecular complexity index is 679. The molecule has 0 spiro atoms. The van der Waals surface area contributed by atoms with E-state index in [1.807, 2.05) is 18.9 Å². The summed E-state index contributed by atoms with van der Waals surface area (Å²) in [6.45, 7) is 5.39. The van der Waals surface area contributed by atoms with Crippen LogP contribution in [0.25, 0.3) is 11.0 Å². The molecule has 7 heteroatoms. The number of nitrogens with zero attached hydrogens (tertiary/aromatic N) is 5. The van der Waals surface area contributed by atoms with Gasteiger partial charge in [0.1, 0.15) is 17.7 Å². The zero-order chi connectivity index (χ0) is 15.0. The first kappa shape index (κ1) is 13.8. The molecular weight excluding hydrogens is 268 g/mol. The molecular formula is C14H20N6O. The molecule has 112 valence electrons. The molecule has 0 radical (unpaired) electrons. The number of carbonyl (C=O) groups is 1. The molecule has 1 fully saturated rings. The zero-order valence-electron chi connectivity index (χ0n) is 12.6. The fourth-order valence-electron chi connectivity index (χ4n) is 2.68. The summed E-state index contributed by atoms with van der Waals surface area (Å²) in [6.07, 6.45) is 3.58. The van der Waals surface area contributed by atoms with Crippen LogP contribution in [0.15, 0.2) is 6.20 Å². The monoisotopic (exact) mass is 288 g/mol. The summed E-state index contributed by atoms with van der Waals surface area (Å²) in [5.74, 6) is 1.66. The van der Waals surface area contributed by atoms with Gasteiger partial charge in [-0.05, 0) is 13.3 Å². The molecule has 1 aliphatic heterocycles. The van der Waals surface area contributed by atoms with Crippen molar-refractivity contribution in [1.82, 2.24) is 25.1 Å². The van der Waals surface area contributed by atoms with Gasteiger partial charge in [-0.15, -0.1) is 0 Å². The van der Waals surface area contributed by atoms with Crippen molar-refractivity contribution in [2.75, 3.05) is 18.0 Å². The van der Waals surface area contributed by atoms with Crippen molar-refractivity contribution >= 4 is 22.8 Å². The molecule has 21 heavy (non-hydrogen) atoms. The van der Waals surface area contributed by atoms with E-state index in [1.165, 1.54) is 0 Å². The van der Waals surface area contributed by atoms with Gasteiger partial charge in [0.05, 0.1) is 11.6 Å². The fourth-order valence-corrected chi connectivity index (χ4v) is 2.68. The summed E-state index contributed by atoms with van der Waals surface area (Å²) >= 11 is 0. The predicted molar refractivity (Wildman–Crippen MR) is 80.1 cm³/mol. The van der Waals surface area contributed by atoms with Crippen molar-refractivity contribution in [2.24, 2.45) is 7.05 Å². The Hall–Kier alpha value is -2.18. The smallest absolute Gasteiger partial charge is 0.242 e. The Morgan fingerprint density at radius 1 is 1.43 bits per heavy atom. The minimum Gasteiger partial charge on any atom is -0.353 e. The molecule has 1 N–H and O–H groups in total. The highest BCUT2D eigenvalue weighted by Crippen LogP contribution is 2.26. The fraction of sp³-hybridized carbons (Fsp3) is 0.571. The average Bonchev–Trinajstić information content (AvgIpc) is 2.84. The van der Waals surface area contributed by atoms with Crippen molar-refractivity contribution in [2.45, 2.75) is 32.7 Å². The van der Waals surface area contributed by atoms with Gasteiger partial charge >= 0.3 is 0 Å². The van der Waals surface area contributed by atoms with Crippen LogP contribution in [0.4, 0.5) is 5.82 Å². The summed E-state index contributed by atoms with van der Waals surface area (Å²) in [5, 5.41) is 8.06. The minimum absolute atomic E-state index is 0.0361. The topological polar surface area (TPSA) is 75.9 Å². The maximum absolute atomic E-state index is 11.9. The van der Waals surface area contributed by atoms with Gasteiger partial charge in [-0.2, -0.15) is 5.10 Å². The van der Waals surface area contributed by atoms with Crippen LogP contribution < -0.4 is 10.2 Å². The summed E-state index contributed by atoms with van der Waals surface area (Å²) in [5.41, 5.74) is 0.821. The Morgan fingerprint density at radius 2 is 2.24 bits per heavy atom. The van der Waals surface area contributed by atoms with E-state index in [1.54, 1.807) is 10.9 Å². The van der Waals surface area contributed by atoms with Gasteiger partial charge in [0.15, 0.2) is 5.65 Å². The van der Waals surface area contributed by atoms with Gasteiger partial charge in [-0.25, -0.2) is 9.97 Å².